The van der Waals surface area contributed by atoms with E-state index in [1.54, 1.807) is 23.8 Å². The Balaban J connectivity index is 0.830. The number of β-amino-alcohol motifs (C(OH)–C–C–N with tert-alkyl or cyclic N) is 1. The molecule has 18 heteroatoms. The number of amides is 3. The molecule has 2 aliphatic heterocycles. The molecule has 0 radical (unpaired) electrons. The summed E-state index contributed by atoms with van der Waals surface area (Å²) in [6.45, 7) is 7.24. The van der Waals surface area contributed by atoms with Crippen LogP contribution in [0, 0.1) is 24.0 Å². The van der Waals surface area contributed by atoms with Crippen LogP contribution in [0.1, 0.15) is 100 Å². The molecular weight excluding hydrogens is 929 g/mol. The van der Waals surface area contributed by atoms with Gasteiger partial charge in [0.2, 0.25) is 17.7 Å². The van der Waals surface area contributed by atoms with Crippen LogP contribution in [-0.4, -0.2) is 117 Å². The molecule has 2 aliphatic rings. The molecule has 7 rings (SSSR count). The highest BCUT2D eigenvalue weighted by atomic mass is 32.1. The minimum Gasteiger partial charge on any atom is -0.493 e. The number of hydrogen-bond donors (Lipinski definition) is 5. The number of aromatic nitrogens is 2. The summed E-state index contributed by atoms with van der Waals surface area (Å²) in [6.07, 6.45) is 3.14. The highest BCUT2D eigenvalue weighted by Crippen LogP contribution is 2.44. The number of ether oxygens (including phenoxy) is 2. The number of unbranched alkanes of at least 4 members (excludes halogenated alkanes) is 4. The SMILES string of the molecule is Cc1ncsc1-c1ccc(CNC(=O)[C@@H]2C[C@@H](O)CN2C(=O)C(NC(=O)COCCCCCCCOc2cc(F)c([C@@H]3c4[nH]c5ccccc5c4C[C@@H](C)N3CC(F)(F)CO)c(F)c2)C(C)(C)C)cc1. The molecule has 0 bridgehead atoms. The number of carbonyl (C=O) groups excluding carboxylic acids is 3. The third-order valence-corrected chi connectivity index (χ3v) is 14.1. The molecular formula is C52H64F4N6O7S. The number of H-pyrrole nitrogens is 1. The number of aryl methyl sites for hydroxylation is 1. The summed E-state index contributed by atoms with van der Waals surface area (Å²) in [5, 5.41) is 26.5. The van der Waals surface area contributed by atoms with Gasteiger partial charge in [-0.3, -0.25) is 19.3 Å². The van der Waals surface area contributed by atoms with Gasteiger partial charge in [-0.15, -0.1) is 11.3 Å². The predicted octanol–water partition coefficient (Wildman–Crippen LogP) is 8.00. The highest BCUT2D eigenvalue weighted by Gasteiger charge is 2.45. The predicted molar refractivity (Wildman–Crippen MR) is 259 cm³/mol. The Labute approximate surface area is 410 Å². The van der Waals surface area contributed by atoms with E-state index >= 15 is 8.78 Å². The van der Waals surface area contributed by atoms with Gasteiger partial charge in [0.15, 0.2) is 0 Å². The topological polar surface area (TPSA) is 169 Å². The number of alkyl halides is 2. The standard InChI is InChI=1S/C52H64F4N6O7S/c1-31-21-38-37-13-9-10-14-41(37)59-45(38)46(62(31)28-52(55,56)29-63)44-39(53)23-36(24-40(44)54)69-20-12-8-6-7-11-19-68-27-43(65)60-48(51(3,4)5)50(67)61-26-35(64)22-42(61)49(66)57-25-33-15-17-34(18-16-33)47-32(2)58-30-70-47/h9-10,13-18,23-24,30-31,35,42,46,48,59,63-64H,6-8,11-12,19-22,25-29H2,1-5H3,(H,57,66)(H,60,65)/t31-,35-,42+,46-,48?/m1/s1. The molecule has 378 valence electrons. The molecule has 3 amide bonds. The number of fused-ring (bicyclic) bond motifs is 3. The van der Waals surface area contributed by atoms with Crippen LogP contribution >= 0.6 is 11.3 Å². The molecule has 4 heterocycles. The number of aliphatic hydroxyl groups excluding tert-OH is 2. The number of halogens is 4. The summed E-state index contributed by atoms with van der Waals surface area (Å²) in [5.74, 6) is -6.72. The number of rotatable bonds is 21. The lowest BCUT2D eigenvalue weighted by molar-refractivity contribution is -0.144. The normalized spacial score (nSPS) is 19.0. The van der Waals surface area contributed by atoms with Crippen LogP contribution in [0.15, 0.2) is 66.2 Å². The number of likely N-dealkylation sites (tertiary alicyclic amines) is 1. The van der Waals surface area contributed by atoms with Crippen LogP contribution in [0.5, 0.6) is 5.75 Å². The van der Waals surface area contributed by atoms with Gasteiger partial charge < -0.3 is 40.2 Å². The van der Waals surface area contributed by atoms with Crippen LogP contribution in [0.2, 0.25) is 0 Å². The van der Waals surface area contributed by atoms with Crippen LogP contribution in [0.4, 0.5) is 17.6 Å². The number of aliphatic hydroxyl groups is 2. The average Bonchev–Trinajstić information content (AvgIpc) is 4.04. The van der Waals surface area contributed by atoms with E-state index in [4.69, 9.17) is 9.47 Å². The summed E-state index contributed by atoms with van der Waals surface area (Å²) in [6, 6.07) is 13.7. The fraction of sp³-hybridized carbons (Fsp3) is 0.500. The molecule has 70 heavy (non-hydrogen) atoms. The molecule has 3 aromatic carbocycles. The van der Waals surface area contributed by atoms with Crippen molar-refractivity contribution in [2.24, 2.45) is 5.41 Å². The number of carbonyl (C=O) groups is 3. The van der Waals surface area contributed by atoms with E-state index in [9.17, 15) is 33.4 Å². The summed E-state index contributed by atoms with van der Waals surface area (Å²) in [4.78, 5) is 51.8. The zero-order valence-corrected chi connectivity index (χ0v) is 41.2. The molecule has 0 saturated carbocycles. The average molecular weight is 993 g/mol. The van der Waals surface area contributed by atoms with Gasteiger partial charge in [0.1, 0.15) is 42.7 Å². The van der Waals surface area contributed by atoms with E-state index in [0.717, 1.165) is 69.6 Å². The summed E-state index contributed by atoms with van der Waals surface area (Å²) >= 11 is 1.56. The molecule has 1 unspecified atom stereocenters. The van der Waals surface area contributed by atoms with Gasteiger partial charge in [-0.1, -0.05) is 82.5 Å². The first-order valence-corrected chi connectivity index (χ1v) is 24.8. The maximum atomic E-state index is 16.0. The van der Waals surface area contributed by atoms with Gasteiger partial charge in [-0.2, -0.15) is 0 Å². The third-order valence-electron chi connectivity index (χ3n) is 13.1. The number of aromatic amines is 1. The molecule has 13 nitrogen and oxygen atoms in total. The Hall–Kier alpha value is -5.40. The van der Waals surface area contributed by atoms with E-state index in [1.807, 2.05) is 76.2 Å². The van der Waals surface area contributed by atoms with Crippen LogP contribution < -0.4 is 15.4 Å². The first-order valence-electron chi connectivity index (χ1n) is 23.9. The highest BCUT2D eigenvalue weighted by molar-refractivity contribution is 7.13. The van der Waals surface area contributed by atoms with Crippen LogP contribution in [0.25, 0.3) is 21.3 Å². The molecule has 0 spiro atoms. The lowest BCUT2D eigenvalue weighted by Gasteiger charge is -2.42. The lowest BCUT2D eigenvalue weighted by Crippen LogP contribution is -2.58. The fourth-order valence-electron chi connectivity index (χ4n) is 9.46. The van der Waals surface area contributed by atoms with E-state index in [2.05, 4.69) is 20.6 Å². The summed E-state index contributed by atoms with van der Waals surface area (Å²) in [5.41, 5.74) is 5.53. The Kier molecular flexibility index (Phi) is 17.1. The van der Waals surface area contributed by atoms with Crippen molar-refractivity contribution in [3.05, 3.63) is 106 Å². The van der Waals surface area contributed by atoms with E-state index in [1.165, 1.54) is 9.80 Å². The van der Waals surface area contributed by atoms with Crippen LogP contribution in [0.3, 0.4) is 0 Å². The molecule has 0 aliphatic carbocycles. The minimum absolute atomic E-state index is 0.0200. The smallest absolute Gasteiger partial charge is 0.283 e. The van der Waals surface area contributed by atoms with Crippen molar-refractivity contribution in [3.8, 4) is 16.2 Å². The van der Waals surface area contributed by atoms with E-state index in [0.29, 0.717) is 31.6 Å². The number of nitrogens with zero attached hydrogens (tertiary/aromatic N) is 3. The summed E-state index contributed by atoms with van der Waals surface area (Å²) in [7, 11) is 0. The second-order valence-electron chi connectivity index (χ2n) is 19.6. The van der Waals surface area contributed by atoms with Crippen molar-refractivity contribution >= 4 is 40.0 Å². The Morgan fingerprint density at radius 2 is 1.67 bits per heavy atom. The van der Waals surface area contributed by atoms with Crippen molar-refractivity contribution in [2.75, 3.05) is 39.5 Å². The number of para-hydroxylation sites is 1. The second-order valence-corrected chi connectivity index (χ2v) is 20.5. The van der Waals surface area contributed by atoms with Crippen molar-refractivity contribution in [3.63, 3.8) is 0 Å². The summed E-state index contributed by atoms with van der Waals surface area (Å²) < 4.78 is 72.7. The fourth-order valence-corrected chi connectivity index (χ4v) is 10.3. The number of hydrogen-bond acceptors (Lipinski definition) is 10. The molecule has 1 fully saturated rings. The van der Waals surface area contributed by atoms with Gasteiger partial charge >= 0.3 is 0 Å². The molecule has 1 saturated heterocycles. The largest absolute Gasteiger partial charge is 0.493 e. The maximum Gasteiger partial charge on any atom is 0.283 e. The zero-order valence-electron chi connectivity index (χ0n) is 40.3. The van der Waals surface area contributed by atoms with Gasteiger partial charge in [0.05, 0.1) is 41.4 Å². The van der Waals surface area contributed by atoms with E-state index < -0.39 is 84.1 Å². The molecule has 5 atom stereocenters. The minimum atomic E-state index is -3.50. The Bertz CT molecular complexity index is 2580. The first-order chi connectivity index (χ1) is 33.3. The molecule has 5 N–H and O–H groups in total. The van der Waals surface area contributed by atoms with Gasteiger partial charge in [0, 0.05) is 66.5 Å². The van der Waals surface area contributed by atoms with Gasteiger partial charge in [-0.05, 0) is 61.3 Å². The van der Waals surface area contributed by atoms with Crippen molar-refractivity contribution in [1.82, 2.24) is 30.4 Å². The molecule has 2 aromatic heterocycles. The maximum absolute atomic E-state index is 16.0. The third kappa shape index (κ3) is 12.5. The van der Waals surface area contributed by atoms with Crippen molar-refractivity contribution < 1.29 is 51.6 Å². The monoisotopic (exact) mass is 992 g/mol. The van der Waals surface area contributed by atoms with Crippen LogP contribution in [-0.2, 0) is 32.1 Å². The Morgan fingerprint density at radius 1 is 0.986 bits per heavy atom. The van der Waals surface area contributed by atoms with Gasteiger partial charge in [-0.25, -0.2) is 22.5 Å². The van der Waals surface area contributed by atoms with Crippen molar-refractivity contribution in [1.29, 1.82) is 0 Å². The zero-order chi connectivity index (χ0) is 50.3. The van der Waals surface area contributed by atoms with Gasteiger partial charge in [0.25, 0.3) is 5.92 Å². The second kappa shape index (κ2) is 22.8. The Morgan fingerprint density at radius 3 is 2.34 bits per heavy atom. The lowest BCUT2D eigenvalue weighted by atomic mass is 9.85. The quantitative estimate of drug-likeness (QED) is 0.0362. The first kappa shape index (κ1) is 52.4. The number of thiazole rings is 1. The van der Waals surface area contributed by atoms with Crippen molar-refractivity contribution in [2.45, 2.75) is 122 Å². The number of benzene rings is 3. The number of nitrogens with one attached hydrogen (secondary N) is 3. The molecule has 5 aromatic rings. The van der Waals surface area contributed by atoms with E-state index in [-0.39, 0.29) is 44.0 Å².